The quantitative estimate of drug-likeness (QED) is 0.641. The minimum Gasteiger partial charge on any atom is -0.339 e. The number of carbonyl (C=O) groups excluding carboxylic acids is 2. The summed E-state index contributed by atoms with van der Waals surface area (Å²) < 4.78 is 0. The van der Waals surface area contributed by atoms with Gasteiger partial charge in [-0.25, -0.2) is 0 Å². The lowest BCUT2D eigenvalue weighted by Crippen LogP contribution is -2.50. The number of halogens is 2. The van der Waals surface area contributed by atoms with Gasteiger partial charge in [0.2, 0.25) is 11.8 Å². The van der Waals surface area contributed by atoms with Crippen molar-refractivity contribution < 1.29 is 9.59 Å². The van der Waals surface area contributed by atoms with Crippen LogP contribution in [0.4, 0.5) is 0 Å². The molecule has 0 saturated carbocycles. The molecular weight excluding hydrogens is 407 g/mol. The molecular formula is C23H24Cl2N2O2. The maximum atomic E-state index is 12.7. The Hall–Kier alpha value is -2.30. The lowest BCUT2D eigenvalue weighted by Gasteiger charge is -2.34. The van der Waals surface area contributed by atoms with E-state index in [1.165, 1.54) is 6.08 Å². The Labute approximate surface area is 181 Å². The summed E-state index contributed by atoms with van der Waals surface area (Å²) in [6, 6.07) is 11.6. The van der Waals surface area contributed by atoms with Crippen LogP contribution in [0.1, 0.15) is 17.5 Å². The predicted molar refractivity (Wildman–Crippen MR) is 118 cm³/mol. The molecule has 2 aromatic rings. The summed E-state index contributed by atoms with van der Waals surface area (Å²) in [6.07, 6.45) is 2.36. The third kappa shape index (κ3) is 5.01. The largest absolute Gasteiger partial charge is 0.339 e. The van der Waals surface area contributed by atoms with E-state index < -0.39 is 0 Å². The Morgan fingerprint density at radius 1 is 1.00 bits per heavy atom. The number of piperazine rings is 1. The molecule has 6 heteroatoms. The zero-order chi connectivity index (χ0) is 21.0. The van der Waals surface area contributed by atoms with E-state index in [9.17, 15) is 9.59 Å². The van der Waals surface area contributed by atoms with Crippen molar-refractivity contribution in [2.45, 2.75) is 19.8 Å². The van der Waals surface area contributed by atoms with Crippen LogP contribution < -0.4 is 0 Å². The van der Waals surface area contributed by atoms with Crippen molar-refractivity contribution in [1.82, 2.24) is 9.80 Å². The van der Waals surface area contributed by atoms with Gasteiger partial charge in [0.05, 0.1) is 0 Å². The SMILES string of the molecule is C=CC(=O)N1CCN(C(=O)CCc2cc(-c3ccccc3Cl)c(Cl)cc2C)CC1. The molecule has 0 N–H and O–H groups in total. The van der Waals surface area contributed by atoms with Crippen LogP contribution in [0.15, 0.2) is 49.1 Å². The monoisotopic (exact) mass is 430 g/mol. The van der Waals surface area contributed by atoms with E-state index in [-0.39, 0.29) is 11.8 Å². The molecule has 0 aromatic heterocycles. The van der Waals surface area contributed by atoms with Crippen molar-refractivity contribution >= 4 is 35.0 Å². The minimum atomic E-state index is -0.0824. The van der Waals surface area contributed by atoms with Gasteiger partial charge in [-0.15, -0.1) is 0 Å². The van der Waals surface area contributed by atoms with Gasteiger partial charge in [-0.05, 0) is 48.7 Å². The van der Waals surface area contributed by atoms with Gasteiger partial charge in [0.15, 0.2) is 0 Å². The average molecular weight is 431 g/mol. The first-order valence-electron chi connectivity index (χ1n) is 9.63. The molecule has 1 fully saturated rings. The van der Waals surface area contributed by atoms with Crippen LogP contribution in [-0.2, 0) is 16.0 Å². The van der Waals surface area contributed by atoms with Gasteiger partial charge in [-0.1, -0.05) is 48.0 Å². The van der Waals surface area contributed by atoms with E-state index in [1.807, 2.05) is 48.2 Å². The highest BCUT2D eigenvalue weighted by molar-refractivity contribution is 6.36. The fraction of sp³-hybridized carbons (Fsp3) is 0.304. The lowest BCUT2D eigenvalue weighted by molar-refractivity contribution is -0.137. The van der Waals surface area contributed by atoms with E-state index in [2.05, 4.69) is 6.58 Å². The van der Waals surface area contributed by atoms with Gasteiger partial charge >= 0.3 is 0 Å². The second-order valence-electron chi connectivity index (χ2n) is 7.15. The highest BCUT2D eigenvalue weighted by atomic mass is 35.5. The van der Waals surface area contributed by atoms with Gasteiger partial charge in [0.1, 0.15) is 0 Å². The molecule has 0 spiro atoms. The summed E-state index contributed by atoms with van der Waals surface area (Å²) >= 11 is 12.8. The first-order valence-corrected chi connectivity index (χ1v) is 10.4. The fourth-order valence-electron chi connectivity index (χ4n) is 3.58. The zero-order valence-corrected chi connectivity index (χ0v) is 18.0. The van der Waals surface area contributed by atoms with Crippen molar-refractivity contribution in [1.29, 1.82) is 0 Å². The third-order valence-corrected chi connectivity index (χ3v) is 5.96. The number of aryl methyl sites for hydroxylation is 2. The standard InChI is InChI=1S/C23H24Cl2N2O2/c1-3-22(28)26-10-12-27(13-11-26)23(29)9-8-17-15-19(21(25)14-16(17)2)18-6-4-5-7-20(18)24/h3-7,14-15H,1,8-13H2,2H3. The topological polar surface area (TPSA) is 40.6 Å². The molecule has 4 nitrogen and oxygen atoms in total. The average Bonchev–Trinajstić information content (AvgIpc) is 2.73. The number of hydrogen-bond acceptors (Lipinski definition) is 2. The second-order valence-corrected chi connectivity index (χ2v) is 7.96. The van der Waals surface area contributed by atoms with E-state index in [0.717, 1.165) is 22.3 Å². The number of nitrogens with zero attached hydrogens (tertiary/aromatic N) is 2. The molecule has 152 valence electrons. The first kappa shape index (κ1) is 21.4. The van der Waals surface area contributed by atoms with Crippen LogP contribution in [0.3, 0.4) is 0 Å². The molecule has 0 aliphatic carbocycles. The van der Waals surface area contributed by atoms with Crippen LogP contribution in [0.25, 0.3) is 11.1 Å². The molecule has 1 heterocycles. The first-order chi connectivity index (χ1) is 13.9. The molecule has 3 rings (SSSR count). The highest BCUT2D eigenvalue weighted by Gasteiger charge is 2.23. The third-order valence-electron chi connectivity index (χ3n) is 5.32. The number of carbonyl (C=O) groups is 2. The summed E-state index contributed by atoms with van der Waals surface area (Å²) in [5.74, 6) is 0.0188. The van der Waals surface area contributed by atoms with Crippen molar-refractivity contribution in [2.24, 2.45) is 0 Å². The number of rotatable bonds is 5. The maximum Gasteiger partial charge on any atom is 0.246 e. The number of hydrogen-bond donors (Lipinski definition) is 0. The normalized spacial score (nSPS) is 14.0. The molecule has 0 atom stereocenters. The van der Waals surface area contributed by atoms with Gasteiger partial charge in [-0.2, -0.15) is 0 Å². The van der Waals surface area contributed by atoms with Crippen LogP contribution >= 0.6 is 23.2 Å². The molecule has 2 aromatic carbocycles. The number of benzene rings is 2. The summed E-state index contributed by atoms with van der Waals surface area (Å²) in [5.41, 5.74) is 3.90. The fourth-order valence-corrected chi connectivity index (χ4v) is 4.14. The molecule has 1 aliphatic heterocycles. The van der Waals surface area contributed by atoms with E-state index in [4.69, 9.17) is 23.2 Å². The minimum absolute atomic E-state index is 0.0824. The van der Waals surface area contributed by atoms with Gasteiger partial charge in [0.25, 0.3) is 0 Å². The van der Waals surface area contributed by atoms with Crippen LogP contribution in [0, 0.1) is 6.92 Å². The van der Waals surface area contributed by atoms with Crippen molar-refractivity contribution in [2.75, 3.05) is 26.2 Å². The summed E-state index contributed by atoms with van der Waals surface area (Å²) in [6.45, 7) is 7.73. The van der Waals surface area contributed by atoms with Gasteiger partial charge in [-0.3, -0.25) is 9.59 Å². The summed E-state index contributed by atoms with van der Waals surface area (Å²) in [5, 5.41) is 1.29. The second kappa shape index (κ2) is 9.47. The molecule has 1 aliphatic rings. The van der Waals surface area contributed by atoms with Gasteiger partial charge < -0.3 is 9.80 Å². The van der Waals surface area contributed by atoms with E-state index >= 15 is 0 Å². The summed E-state index contributed by atoms with van der Waals surface area (Å²) in [7, 11) is 0. The Morgan fingerprint density at radius 2 is 1.66 bits per heavy atom. The molecule has 0 bridgehead atoms. The Kier molecular flexibility index (Phi) is 6.99. The molecule has 0 radical (unpaired) electrons. The van der Waals surface area contributed by atoms with Crippen molar-refractivity contribution in [3.8, 4) is 11.1 Å². The van der Waals surface area contributed by atoms with Crippen molar-refractivity contribution in [3.05, 3.63) is 70.2 Å². The smallest absolute Gasteiger partial charge is 0.246 e. The lowest BCUT2D eigenvalue weighted by atomic mass is 9.96. The van der Waals surface area contributed by atoms with Crippen LogP contribution in [0.2, 0.25) is 10.0 Å². The van der Waals surface area contributed by atoms with E-state index in [0.29, 0.717) is 49.1 Å². The maximum absolute atomic E-state index is 12.7. The molecule has 2 amide bonds. The molecule has 1 saturated heterocycles. The van der Waals surface area contributed by atoms with Gasteiger partial charge in [0, 0.05) is 53.8 Å². The van der Waals surface area contributed by atoms with Crippen LogP contribution in [0.5, 0.6) is 0 Å². The number of amides is 2. The predicted octanol–water partition coefficient (Wildman–Crippen LogP) is 4.76. The molecule has 0 unspecified atom stereocenters. The summed E-state index contributed by atoms with van der Waals surface area (Å²) in [4.78, 5) is 27.9. The highest BCUT2D eigenvalue weighted by Crippen LogP contribution is 2.35. The van der Waals surface area contributed by atoms with Crippen molar-refractivity contribution in [3.63, 3.8) is 0 Å². The molecule has 29 heavy (non-hydrogen) atoms. The van der Waals surface area contributed by atoms with Crippen LogP contribution in [-0.4, -0.2) is 47.8 Å². The zero-order valence-electron chi connectivity index (χ0n) is 16.5. The van der Waals surface area contributed by atoms with E-state index in [1.54, 1.807) is 4.90 Å². The Bertz CT molecular complexity index is 934. The Balaban J connectivity index is 1.67. The Morgan fingerprint density at radius 3 is 2.31 bits per heavy atom.